The number of carboxylic acid groups (broad SMARTS) is 1. The van der Waals surface area contributed by atoms with Crippen molar-refractivity contribution >= 4 is 5.97 Å². The fourth-order valence-corrected chi connectivity index (χ4v) is 3.85. The maximum absolute atomic E-state index is 11.2. The van der Waals surface area contributed by atoms with Gasteiger partial charge in [0.05, 0.1) is 5.60 Å². The first kappa shape index (κ1) is 14.3. The van der Waals surface area contributed by atoms with Crippen molar-refractivity contribution in [2.75, 3.05) is 7.11 Å². The number of aliphatic carboxylic acids is 1. The Balaban J connectivity index is 2.33. The van der Waals surface area contributed by atoms with Gasteiger partial charge in [-0.3, -0.25) is 0 Å². The Morgan fingerprint density at radius 2 is 2.21 bits per heavy atom. The molecule has 19 heavy (non-hydrogen) atoms. The fourth-order valence-electron chi connectivity index (χ4n) is 3.85. The number of hydrogen-bond acceptors (Lipinski definition) is 2. The lowest BCUT2D eigenvalue weighted by molar-refractivity contribution is -0.135. The van der Waals surface area contributed by atoms with E-state index in [1.165, 1.54) is 5.57 Å². The highest BCUT2D eigenvalue weighted by Gasteiger charge is 2.48. The predicted octanol–water partition coefficient (Wildman–Crippen LogP) is 3.41. The summed E-state index contributed by atoms with van der Waals surface area (Å²) < 4.78 is 5.77. The number of carboxylic acids is 1. The van der Waals surface area contributed by atoms with Crippen LogP contribution in [0.4, 0.5) is 0 Å². The third-order valence-electron chi connectivity index (χ3n) is 5.18. The van der Waals surface area contributed by atoms with Crippen LogP contribution in [0.15, 0.2) is 23.8 Å². The van der Waals surface area contributed by atoms with Crippen molar-refractivity contribution in [1.29, 1.82) is 0 Å². The van der Waals surface area contributed by atoms with Gasteiger partial charge in [-0.05, 0) is 57.3 Å². The molecule has 0 aliphatic heterocycles. The molecule has 1 N–H and O–H groups in total. The summed E-state index contributed by atoms with van der Waals surface area (Å²) in [6.45, 7) is 8.10. The zero-order chi connectivity index (χ0) is 14.2. The largest absolute Gasteiger partial charge is 0.478 e. The highest BCUT2D eigenvalue weighted by atomic mass is 16.5. The summed E-state index contributed by atoms with van der Waals surface area (Å²) in [6, 6.07) is 0. The summed E-state index contributed by atoms with van der Waals surface area (Å²) in [5, 5.41) is 9.23. The van der Waals surface area contributed by atoms with Crippen molar-refractivity contribution in [2.24, 2.45) is 17.8 Å². The Morgan fingerprint density at radius 1 is 1.53 bits per heavy atom. The van der Waals surface area contributed by atoms with E-state index in [1.807, 2.05) is 0 Å². The van der Waals surface area contributed by atoms with Gasteiger partial charge in [-0.1, -0.05) is 18.2 Å². The number of allylic oxidation sites excluding steroid dienone is 2. The first-order chi connectivity index (χ1) is 8.89. The first-order valence-corrected chi connectivity index (χ1v) is 7.03. The molecule has 0 radical (unpaired) electrons. The smallest absolute Gasteiger partial charge is 0.331 e. The zero-order valence-electron chi connectivity index (χ0n) is 12.1. The van der Waals surface area contributed by atoms with Crippen LogP contribution in [0, 0.1) is 17.8 Å². The third kappa shape index (κ3) is 2.48. The molecular weight excluding hydrogens is 240 g/mol. The van der Waals surface area contributed by atoms with E-state index in [0.29, 0.717) is 11.5 Å². The SMILES string of the molecule is C=C(C(=O)O)C1CCC(C)(OC)C2CCC(C)=CC12. The molecule has 0 aromatic carbocycles. The molecule has 1 fully saturated rings. The number of rotatable bonds is 3. The Morgan fingerprint density at radius 3 is 2.79 bits per heavy atom. The minimum Gasteiger partial charge on any atom is -0.478 e. The average molecular weight is 264 g/mol. The van der Waals surface area contributed by atoms with Crippen LogP contribution in [0.2, 0.25) is 0 Å². The molecule has 2 rings (SSSR count). The number of carbonyl (C=O) groups is 1. The van der Waals surface area contributed by atoms with E-state index < -0.39 is 5.97 Å². The molecule has 0 heterocycles. The highest BCUT2D eigenvalue weighted by molar-refractivity contribution is 5.86. The normalized spacial score (nSPS) is 38.3. The van der Waals surface area contributed by atoms with Crippen LogP contribution >= 0.6 is 0 Å². The van der Waals surface area contributed by atoms with Gasteiger partial charge in [0.15, 0.2) is 0 Å². The van der Waals surface area contributed by atoms with Crippen LogP contribution in [0.3, 0.4) is 0 Å². The lowest BCUT2D eigenvalue weighted by Crippen LogP contribution is -2.49. The molecule has 0 saturated heterocycles. The molecule has 2 aliphatic rings. The maximum Gasteiger partial charge on any atom is 0.331 e. The van der Waals surface area contributed by atoms with Gasteiger partial charge in [0.1, 0.15) is 0 Å². The van der Waals surface area contributed by atoms with Crippen molar-refractivity contribution in [2.45, 2.75) is 45.1 Å². The lowest BCUT2D eigenvalue weighted by atomic mass is 9.59. The van der Waals surface area contributed by atoms with Gasteiger partial charge in [0.2, 0.25) is 0 Å². The Kier molecular flexibility index (Phi) is 3.86. The van der Waals surface area contributed by atoms with E-state index in [2.05, 4.69) is 26.5 Å². The van der Waals surface area contributed by atoms with Gasteiger partial charge in [-0.15, -0.1) is 0 Å². The Labute approximate surface area is 115 Å². The minimum absolute atomic E-state index is 0.0565. The summed E-state index contributed by atoms with van der Waals surface area (Å²) in [4.78, 5) is 11.2. The molecule has 0 bridgehead atoms. The van der Waals surface area contributed by atoms with Crippen LogP contribution in [0.1, 0.15) is 39.5 Å². The van der Waals surface area contributed by atoms with Gasteiger partial charge in [-0.2, -0.15) is 0 Å². The van der Waals surface area contributed by atoms with Crippen molar-refractivity contribution in [3.8, 4) is 0 Å². The molecule has 3 heteroatoms. The standard InChI is InChI=1S/C16H24O3/c1-10-5-6-14-13(9-10)12(11(2)15(17)18)7-8-16(14,3)19-4/h9,12-14H,2,5-8H2,1,3-4H3,(H,17,18). The molecular formula is C16H24O3. The third-order valence-corrected chi connectivity index (χ3v) is 5.18. The quantitative estimate of drug-likeness (QED) is 0.627. The van der Waals surface area contributed by atoms with Crippen LogP contribution in [-0.4, -0.2) is 23.8 Å². The van der Waals surface area contributed by atoms with Crippen LogP contribution < -0.4 is 0 Å². The monoisotopic (exact) mass is 264 g/mol. The van der Waals surface area contributed by atoms with E-state index in [4.69, 9.17) is 4.74 Å². The van der Waals surface area contributed by atoms with E-state index in [-0.39, 0.29) is 17.4 Å². The maximum atomic E-state index is 11.2. The summed E-state index contributed by atoms with van der Waals surface area (Å²) in [7, 11) is 1.77. The van der Waals surface area contributed by atoms with Gasteiger partial charge in [0, 0.05) is 12.7 Å². The molecule has 1 saturated carbocycles. The highest BCUT2D eigenvalue weighted by Crippen LogP contribution is 2.50. The second-order valence-corrected chi connectivity index (χ2v) is 6.23. The molecule has 0 amide bonds. The van der Waals surface area contributed by atoms with Crippen LogP contribution in [0.25, 0.3) is 0 Å². The average Bonchev–Trinajstić information content (AvgIpc) is 2.38. The molecule has 106 valence electrons. The number of ether oxygens (including phenoxy) is 1. The number of methoxy groups -OCH3 is 1. The number of hydrogen-bond donors (Lipinski definition) is 1. The summed E-state index contributed by atoms with van der Waals surface area (Å²) in [6.07, 6.45) is 6.20. The van der Waals surface area contributed by atoms with E-state index in [9.17, 15) is 9.90 Å². The number of fused-ring (bicyclic) bond motifs is 1. The molecule has 2 aliphatic carbocycles. The first-order valence-electron chi connectivity index (χ1n) is 7.03. The molecule has 0 aromatic heterocycles. The molecule has 4 unspecified atom stereocenters. The minimum atomic E-state index is -0.860. The summed E-state index contributed by atoms with van der Waals surface area (Å²) in [5.41, 5.74) is 1.60. The second-order valence-electron chi connectivity index (χ2n) is 6.23. The van der Waals surface area contributed by atoms with Gasteiger partial charge < -0.3 is 9.84 Å². The molecule has 0 spiro atoms. The summed E-state index contributed by atoms with van der Waals surface area (Å²) in [5.74, 6) is -0.144. The van der Waals surface area contributed by atoms with Crippen LogP contribution in [-0.2, 0) is 9.53 Å². The van der Waals surface area contributed by atoms with Crippen molar-refractivity contribution < 1.29 is 14.6 Å². The van der Waals surface area contributed by atoms with Gasteiger partial charge in [0.25, 0.3) is 0 Å². The molecule has 4 atom stereocenters. The summed E-state index contributed by atoms with van der Waals surface area (Å²) >= 11 is 0. The van der Waals surface area contributed by atoms with Crippen molar-refractivity contribution in [3.63, 3.8) is 0 Å². The van der Waals surface area contributed by atoms with Crippen molar-refractivity contribution in [1.82, 2.24) is 0 Å². The van der Waals surface area contributed by atoms with Gasteiger partial charge >= 0.3 is 5.97 Å². The fraction of sp³-hybridized carbons (Fsp3) is 0.688. The lowest BCUT2D eigenvalue weighted by Gasteiger charge is -2.50. The topological polar surface area (TPSA) is 46.5 Å². The van der Waals surface area contributed by atoms with Crippen LogP contribution in [0.5, 0.6) is 0 Å². The molecule has 0 aromatic rings. The Hall–Kier alpha value is -1.09. The van der Waals surface area contributed by atoms with E-state index >= 15 is 0 Å². The van der Waals surface area contributed by atoms with E-state index in [1.54, 1.807) is 7.11 Å². The molecule has 3 nitrogen and oxygen atoms in total. The zero-order valence-corrected chi connectivity index (χ0v) is 12.1. The Bertz CT molecular complexity index is 424. The van der Waals surface area contributed by atoms with E-state index in [0.717, 1.165) is 25.7 Å². The van der Waals surface area contributed by atoms with Crippen molar-refractivity contribution in [3.05, 3.63) is 23.8 Å². The van der Waals surface area contributed by atoms with Gasteiger partial charge in [-0.25, -0.2) is 4.79 Å². The predicted molar refractivity (Wildman–Crippen MR) is 74.9 cm³/mol. The second kappa shape index (κ2) is 5.12.